The van der Waals surface area contributed by atoms with Crippen LogP contribution in [0.4, 0.5) is 0 Å². The van der Waals surface area contributed by atoms with E-state index in [-0.39, 0.29) is 11.9 Å². The molecule has 1 aliphatic rings. The van der Waals surface area contributed by atoms with Crippen LogP contribution >= 0.6 is 0 Å². The molecule has 3 aromatic rings. The molecule has 0 spiro atoms. The van der Waals surface area contributed by atoms with E-state index in [0.29, 0.717) is 30.5 Å². The highest BCUT2D eigenvalue weighted by Gasteiger charge is 2.16. The van der Waals surface area contributed by atoms with Crippen molar-refractivity contribution in [2.24, 2.45) is 0 Å². The summed E-state index contributed by atoms with van der Waals surface area (Å²) < 4.78 is 16.5. The van der Waals surface area contributed by atoms with Gasteiger partial charge in [0, 0.05) is 17.5 Å². The number of aryl methyl sites for hydroxylation is 1. The van der Waals surface area contributed by atoms with Gasteiger partial charge in [-0.15, -0.1) is 0 Å². The molecule has 7 heteroatoms. The Bertz CT molecular complexity index is 982. The Morgan fingerprint density at radius 2 is 1.82 bits per heavy atom. The first-order valence-electron chi connectivity index (χ1n) is 9.21. The quantitative estimate of drug-likeness (QED) is 0.744. The molecule has 0 radical (unpaired) electrons. The molecule has 1 N–H and O–H groups in total. The fraction of sp³-hybridized carbons (Fsp3) is 0.286. The number of carbonyl (C=O) groups is 1. The third-order valence-corrected chi connectivity index (χ3v) is 4.54. The van der Waals surface area contributed by atoms with Crippen molar-refractivity contribution in [1.82, 2.24) is 15.5 Å². The van der Waals surface area contributed by atoms with Gasteiger partial charge in [-0.3, -0.25) is 4.79 Å². The van der Waals surface area contributed by atoms with Gasteiger partial charge in [0.15, 0.2) is 17.3 Å². The largest absolute Gasteiger partial charge is 0.490 e. The Balaban J connectivity index is 1.45. The second-order valence-electron chi connectivity index (χ2n) is 6.68. The molecule has 0 fully saturated rings. The maximum absolute atomic E-state index is 12.6. The summed E-state index contributed by atoms with van der Waals surface area (Å²) >= 11 is 0. The zero-order valence-corrected chi connectivity index (χ0v) is 15.8. The fourth-order valence-corrected chi connectivity index (χ4v) is 2.99. The first-order chi connectivity index (χ1) is 13.6. The predicted molar refractivity (Wildman–Crippen MR) is 102 cm³/mol. The van der Waals surface area contributed by atoms with Gasteiger partial charge >= 0.3 is 0 Å². The first kappa shape index (κ1) is 18.0. The normalized spacial score (nSPS) is 14.2. The Hall–Kier alpha value is -3.35. The summed E-state index contributed by atoms with van der Waals surface area (Å²) in [4.78, 5) is 16.8. The molecular weight excluding hydrogens is 358 g/mol. The van der Waals surface area contributed by atoms with E-state index in [2.05, 4.69) is 15.5 Å². The predicted octanol–water partition coefficient (Wildman–Crippen LogP) is 3.70. The topological polar surface area (TPSA) is 86.5 Å². The minimum absolute atomic E-state index is 0.159. The lowest BCUT2D eigenvalue weighted by Crippen LogP contribution is -2.26. The summed E-state index contributed by atoms with van der Waals surface area (Å²) in [5.41, 5.74) is 2.28. The molecule has 2 aromatic carbocycles. The minimum atomic E-state index is -0.178. The lowest BCUT2D eigenvalue weighted by Gasteiger charge is -2.16. The fourth-order valence-electron chi connectivity index (χ4n) is 2.99. The maximum Gasteiger partial charge on any atom is 0.257 e. The van der Waals surface area contributed by atoms with Gasteiger partial charge in [0.2, 0.25) is 0 Å². The third-order valence-electron chi connectivity index (χ3n) is 4.54. The molecule has 1 amide bonds. The van der Waals surface area contributed by atoms with Crippen LogP contribution in [0.3, 0.4) is 0 Å². The SMILES string of the molecule is Cc1noc(-c2ccc(C(=O)NC(C)c3ccc4c(c3)OCCCO4)cc2)n1. The standard InChI is InChI=1S/C21H21N3O4/c1-13(17-8-9-18-19(12-17)27-11-3-10-26-18)22-20(25)15-4-6-16(7-5-15)21-23-14(2)24-28-21/h4-9,12-13H,3,10-11H2,1-2H3,(H,22,25). The molecule has 1 unspecified atom stereocenters. The van der Waals surface area contributed by atoms with Crippen LogP contribution in [0.5, 0.6) is 11.5 Å². The van der Waals surface area contributed by atoms with Crippen LogP contribution in [-0.2, 0) is 0 Å². The number of nitrogens with zero attached hydrogens (tertiary/aromatic N) is 2. The van der Waals surface area contributed by atoms with E-state index in [4.69, 9.17) is 14.0 Å². The number of benzene rings is 2. The highest BCUT2D eigenvalue weighted by Crippen LogP contribution is 2.32. The van der Waals surface area contributed by atoms with Gasteiger partial charge in [-0.1, -0.05) is 11.2 Å². The molecule has 0 saturated carbocycles. The van der Waals surface area contributed by atoms with E-state index in [0.717, 1.165) is 29.0 Å². The monoisotopic (exact) mass is 379 g/mol. The number of ether oxygens (including phenoxy) is 2. The smallest absolute Gasteiger partial charge is 0.257 e. The lowest BCUT2D eigenvalue weighted by atomic mass is 10.1. The number of hydrogen-bond donors (Lipinski definition) is 1. The average molecular weight is 379 g/mol. The second-order valence-corrected chi connectivity index (χ2v) is 6.68. The van der Waals surface area contributed by atoms with Crippen LogP contribution in [0.1, 0.15) is 41.1 Å². The summed E-state index contributed by atoms with van der Waals surface area (Å²) in [7, 11) is 0. The number of hydrogen-bond acceptors (Lipinski definition) is 6. The number of amides is 1. The van der Waals surface area contributed by atoms with Crippen molar-refractivity contribution in [2.45, 2.75) is 26.3 Å². The highest BCUT2D eigenvalue weighted by molar-refractivity contribution is 5.94. The van der Waals surface area contributed by atoms with Crippen LogP contribution in [0.25, 0.3) is 11.5 Å². The zero-order chi connectivity index (χ0) is 19.5. The third kappa shape index (κ3) is 3.83. The molecule has 0 saturated heterocycles. The van der Waals surface area contributed by atoms with Crippen molar-refractivity contribution >= 4 is 5.91 Å². The molecule has 28 heavy (non-hydrogen) atoms. The summed E-state index contributed by atoms with van der Waals surface area (Å²) in [6.07, 6.45) is 0.857. The van der Waals surface area contributed by atoms with Crippen LogP contribution in [0.2, 0.25) is 0 Å². The summed E-state index contributed by atoms with van der Waals surface area (Å²) in [5, 5.41) is 6.79. The molecule has 4 rings (SSSR count). The highest BCUT2D eigenvalue weighted by atomic mass is 16.5. The molecule has 2 heterocycles. The molecule has 7 nitrogen and oxygen atoms in total. The van der Waals surface area contributed by atoms with Gasteiger partial charge in [-0.25, -0.2) is 0 Å². The van der Waals surface area contributed by atoms with E-state index >= 15 is 0 Å². The number of aromatic nitrogens is 2. The van der Waals surface area contributed by atoms with Crippen molar-refractivity contribution in [3.63, 3.8) is 0 Å². The Morgan fingerprint density at radius 3 is 2.54 bits per heavy atom. The summed E-state index contributed by atoms with van der Waals surface area (Å²) in [6.45, 7) is 4.98. The lowest BCUT2D eigenvalue weighted by molar-refractivity contribution is 0.0940. The van der Waals surface area contributed by atoms with Gasteiger partial charge in [0.25, 0.3) is 11.8 Å². The van der Waals surface area contributed by atoms with Crippen LogP contribution in [0.15, 0.2) is 47.0 Å². The second kappa shape index (κ2) is 7.72. The van der Waals surface area contributed by atoms with E-state index in [1.54, 1.807) is 31.2 Å². The molecule has 1 aliphatic heterocycles. The van der Waals surface area contributed by atoms with Crippen molar-refractivity contribution < 1.29 is 18.8 Å². The summed E-state index contributed by atoms with van der Waals surface area (Å²) in [5.74, 6) is 2.31. The van der Waals surface area contributed by atoms with E-state index < -0.39 is 0 Å². The molecule has 144 valence electrons. The van der Waals surface area contributed by atoms with Crippen molar-refractivity contribution in [3.8, 4) is 23.0 Å². The number of nitrogens with one attached hydrogen (secondary N) is 1. The van der Waals surface area contributed by atoms with E-state index in [9.17, 15) is 4.79 Å². The van der Waals surface area contributed by atoms with E-state index in [1.165, 1.54) is 0 Å². The van der Waals surface area contributed by atoms with Gasteiger partial charge in [-0.05, 0) is 55.8 Å². The first-order valence-corrected chi connectivity index (χ1v) is 9.21. The maximum atomic E-state index is 12.6. The van der Waals surface area contributed by atoms with E-state index in [1.807, 2.05) is 25.1 Å². The number of carbonyl (C=O) groups excluding carboxylic acids is 1. The summed E-state index contributed by atoms with van der Waals surface area (Å²) in [6, 6.07) is 12.6. The molecule has 0 bridgehead atoms. The Kier molecular flexibility index (Phi) is 4.97. The van der Waals surface area contributed by atoms with Crippen molar-refractivity contribution in [1.29, 1.82) is 0 Å². The molecular formula is C21H21N3O4. The van der Waals surface area contributed by atoms with Gasteiger partial charge < -0.3 is 19.3 Å². The van der Waals surface area contributed by atoms with Crippen LogP contribution in [0, 0.1) is 6.92 Å². The molecule has 0 aliphatic carbocycles. The van der Waals surface area contributed by atoms with Crippen molar-refractivity contribution in [2.75, 3.05) is 13.2 Å². The van der Waals surface area contributed by atoms with Crippen LogP contribution in [-0.4, -0.2) is 29.3 Å². The Morgan fingerprint density at radius 1 is 1.07 bits per heavy atom. The minimum Gasteiger partial charge on any atom is -0.490 e. The Labute approximate surface area is 162 Å². The van der Waals surface area contributed by atoms with Gasteiger partial charge in [0.05, 0.1) is 19.3 Å². The zero-order valence-electron chi connectivity index (χ0n) is 15.8. The number of rotatable bonds is 4. The molecule has 1 atom stereocenters. The number of fused-ring (bicyclic) bond motifs is 1. The van der Waals surface area contributed by atoms with Gasteiger partial charge in [0.1, 0.15) is 0 Å². The van der Waals surface area contributed by atoms with Gasteiger partial charge in [-0.2, -0.15) is 4.98 Å². The average Bonchev–Trinajstić information content (AvgIpc) is 3.00. The van der Waals surface area contributed by atoms with Crippen LogP contribution < -0.4 is 14.8 Å². The van der Waals surface area contributed by atoms with Crippen molar-refractivity contribution in [3.05, 3.63) is 59.4 Å². The molecule has 1 aromatic heterocycles.